The minimum Gasteiger partial charge on any atom is -0.462 e. The molecular formula is C73H130O6. The van der Waals surface area contributed by atoms with E-state index in [1.807, 2.05) is 0 Å². The summed E-state index contributed by atoms with van der Waals surface area (Å²) < 4.78 is 17.0. The van der Waals surface area contributed by atoms with Gasteiger partial charge in [-0.15, -0.1) is 0 Å². The summed E-state index contributed by atoms with van der Waals surface area (Å²) in [5, 5.41) is 0. The van der Waals surface area contributed by atoms with E-state index < -0.39 is 6.10 Å². The van der Waals surface area contributed by atoms with Crippen molar-refractivity contribution in [1.82, 2.24) is 0 Å². The molecule has 0 N–H and O–H groups in total. The number of unbranched alkanes of at least 4 members (excludes halogenated alkanes) is 40. The van der Waals surface area contributed by atoms with Crippen molar-refractivity contribution in [3.63, 3.8) is 0 Å². The van der Waals surface area contributed by atoms with Crippen LogP contribution in [0.3, 0.4) is 0 Å². The largest absolute Gasteiger partial charge is 0.462 e. The van der Waals surface area contributed by atoms with Crippen LogP contribution in [0, 0.1) is 0 Å². The van der Waals surface area contributed by atoms with E-state index in [-0.39, 0.29) is 31.1 Å². The number of hydrogen-bond acceptors (Lipinski definition) is 6. The van der Waals surface area contributed by atoms with Crippen molar-refractivity contribution < 1.29 is 28.6 Å². The molecule has 0 saturated carbocycles. The van der Waals surface area contributed by atoms with Gasteiger partial charge in [-0.05, 0) is 89.9 Å². The molecule has 6 nitrogen and oxygen atoms in total. The molecule has 0 heterocycles. The highest BCUT2D eigenvalue weighted by molar-refractivity contribution is 5.71. The Hall–Kier alpha value is -3.15. The molecule has 0 aromatic carbocycles. The van der Waals surface area contributed by atoms with Crippen molar-refractivity contribution in [2.24, 2.45) is 0 Å². The molecule has 0 amide bonds. The number of esters is 3. The fourth-order valence-electron chi connectivity index (χ4n) is 10.1. The van der Waals surface area contributed by atoms with Crippen LogP contribution in [-0.2, 0) is 28.6 Å². The summed E-state index contributed by atoms with van der Waals surface area (Å²) in [6.45, 7) is 6.56. The molecule has 0 saturated heterocycles. The number of ether oxygens (including phenoxy) is 3. The van der Waals surface area contributed by atoms with E-state index >= 15 is 0 Å². The van der Waals surface area contributed by atoms with Gasteiger partial charge in [-0.25, -0.2) is 0 Å². The Kier molecular flexibility index (Phi) is 64.7. The maximum atomic E-state index is 12.9. The molecule has 0 aliphatic heterocycles. The SMILES string of the molecule is CC/C=C\C/C=C\C/C=C\C/C=C\C/C=C\CCCCCCCCCCCCCCCC(=O)OCC(COC(=O)CCCCCCC/C=C\CCCCCCC)OC(=O)CCCCCCCCCCCCCCCCCCCC. The molecule has 0 aliphatic rings. The van der Waals surface area contributed by atoms with Gasteiger partial charge in [0.2, 0.25) is 0 Å². The van der Waals surface area contributed by atoms with E-state index in [2.05, 4.69) is 93.7 Å². The Bertz CT molecular complexity index is 1450. The van der Waals surface area contributed by atoms with Crippen LogP contribution in [0.5, 0.6) is 0 Å². The average molecular weight is 1100 g/mol. The van der Waals surface area contributed by atoms with Gasteiger partial charge in [0.15, 0.2) is 6.10 Å². The molecule has 0 bridgehead atoms. The van der Waals surface area contributed by atoms with Crippen molar-refractivity contribution in [1.29, 1.82) is 0 Å². The van der Waals surface area contributed by atoms with Gasteiger partial charge in [0, 0.05) is 19.3 Å². The molecule has 79 heavy (non-hydrogen) atoms. The molecule has 0 aromatic rings. The number of carbonyl (C=O) groups is 3. The lowest BCUT2D eigenvalue weighted by molar-refractivity contribution is -0.167. The third-order valence-corrected chi connectivity index (χ3v) is 15.2. The lowest BCUT2D eigenvalue weighted by Gasteiger charge is -2.18. The lowest BCUT2D eigenvalue weighted by Crippen LogP contribution is -2.30. The molecule has 0 spiro atoms. The number of rotatable bonds is 63. The predicted octanol–water partition coefficient (Wildman–Crippen LogP) is 23.7. The molecule has 0 aromatic heterocycles. The Labute approximate surface area is 491 Å². The van der Waals surface area contributed by atoms with Gasteiger partial charge < -0.3 is 14.2 Å². The lowest BCUT2D eigenvalue weighted by atomic mass is 10.0. The van der Waals surface area contributed by atoms with E-state index in [1.165, 1.54) is 218 Å². The van der Waals surface area contributed by atoms with Gasteiger partial charge in [-0.3, -0.25) is 14.4 Å². The summed E-state index contributed by atoms with van der Waals surface area (Å²) in [5.41, 5.74) is 0. The third-order valence-electron chi connectivity index (χ3n) is 15.2. The second-order valence-electron chi connectivity index (χ2n) is 23.1. The molecule has 1 unspecified atom stereocenters. The first-order valence-electron chi connectivity index (χ1n) is 34.4. The maximum Gasteiger partial charge on any atom is 0.306 e. The molecule has 0 aliphatic carbocycles. The van der Waals surface area contributed by atoms with E-state index in [0.717, 1.165) is 96.3 Å². The van der Waals surface area contributed by atoms with Crippen LogP contribution in [0.4, 0.5) is 0 Å². The van der Waals surface area contributed by atoms with Gasteiger partial charge in [-0.2, -0.15) is 0 Å². The summed E-state index contributed by atoms with van der Waals surface area (Å²) in [5.74, 6) is -0.862. The van der Waals surface area contributed by atoms with Crippen LogP contribution in [0.1, 0.15) is 355 Å². The highest BCUT2D eigenvalue weighted by atomic mass is 16.6. The van der Waals surface area contributed by atoms with Crippen molar-refractivity contribution in [3.05, 3.63) is 72.9 Å². The van der Waals surface area contributed by atoms with Crippen molar-refractivity contribution >= 4 is 17.9 Å². The quantitative estimate of drug-likeness (QED) is 0.0261. The Morgan fingerprint density at radius 1 is 0.266 bits per heavy atom. The predicted molar refractivity (Wildman–Crippen MR) is 344 cm³/mol. The minimum atomic E-state index is -0.777. The maximum absolute atomic E-state index is 12.9. The van der Waals surface area contributed by atoms with Crippen LogP contribution in [-0.4, -0.2) is 37.2 Å². The minimum absolute atomic E-state index is 0.0740. The monoisotopic (exact) mass is 1100 g/mol. The van der Waals surface area contributed by atoms with E-state index in [1.54, 1.807) is 0 Å². The average Bonchev–Trinajstić information content (AvgIpc) is 3.45. The molecule has 0 fully saturated rings. The molecule has 0 rings (SSSR count). The normalized spacial score (nSPS) is 12.5. The summed E-state index contributed by atoms with van der Waals surface area (Å²) in [6.07, 6.45) is 87.8. The third kappa shape index (κ3) is 65.5. The van der Waals surface area contributed by atoms with E-state index in [4.69, 9.17) is 14.2 Å². The highest BCUT2D eigenvalue weighted by Crippen LogP contribution is 2.18. The summed E-state index contributed by atoms with van der Waals surface area (Å²) >= 11 is 0. The first kappa shape index (κ1) is 75.8. The zero-order valence-electron chi connectivity index (χ0n) is 52.6. The number of hydrogen-bond donors (Lipinski definition) is 0. The highest BCUT2D eigenvalue weighted by Gasteiger charge is 2.19. The zero-order valence-corrected chi connectivity index (χ0v) is 52.6. The topological polar surface area (TPSA) is 78.9 Å². The first-order valence-corrected chi connectivity index (χ1v) is 34.4. The van der Waals surface area contributed by atoms with Crippen LogP contribution in [0.25, 0.3) is 0 Å². The van der Waals surface area contributed by atoms with Gasteiger partial charge in [0.25, 0.3) is 0 Å². The van der Waals surface area contributed by atoms with Gasteiger partial charge in [0.05, 0.1) is 0 Å². The first-order chi connectivity index (χ1) is 39.0. The molecule has 6 heteroatoms. The van der Waals surface area contributed by atoms with Crippen LogP contribution < -0.4 is 0 Å². The van der Waals surface area contributed by atoms with Crippen LogP contribution in [0.2, 0.25) is 0 Å². The van der Waals surface area contributed by atoms with E-state index in [9.17, 15) is 14.4 Å². The Morgan fingerprint density at radius 3 is 0.785 bits per heavy atom. The smallest absolute Gasteiger partial charge is 0.306 e. The molecular weight excluding hydrogens is 973 g/mol. The van der Waals surface area contributed by atoms with Crippen molar-refractivity contribution in [3.8, 4) is 0 Å². The zero-order chi connectivity index (χ0) is 57.1. The summed E-state index contributed by atoms with van der Waals surface area (Å²) in [4.78, 5) is 38.4. The van der Waals surface area contributed by atoms with Gasteiger partial charge in [-0.1, -0.05) is 318 Å². The Balaban J connectivity index is 4.25. The number of carbonyl (C=O) groups excluding carboxylic acids is 3. The van der Waals surface area contributed by atoms with Crippen molar-refractivity contribution in [2.45, 2.75) is 361 Å². The summed E-state index contributed by atoms with van der Waals surface area (Å²) in [6, 6.07) is 0. The second-order valence-corrected chi connectivity index (χ2v) is 23.1. The second kappa shape index (κ2) is 67.4. The van der Waals surface area contributed by atoms with Crippen LogP contribution in [0.15, 0.2) is 72.9 Å². The molecule has 0 radical (unpaired) electrons. The fourth-order valence-corrected chi connectivity index (χ4v) is 10.1. The van der Waals surface area contributed by atoms with Gasteiger partial charge >= 0.3 is 17.9 Å². The number of allylic oxidation sites excluding steroid dienone is 12. The van der Waals surface area contributed by atoms with Gasteiger partial charge in [0.1, 0.15) is 13.2 Å². The van der Waals surface area contributed by atoms with Crippen molar-refractivity contribution in [2.75, 3.05) is 13.2 Å². The van der Waals surface area contributed by atoms with Crippen LogP contribution >= 0.6 is 0 Å². The van der Waals surface area contributed by atoms with E-state index in [0.29, 0.717) is 19.3 Å². The fraction of sp³-hybridized carbons (Fsp3) is 0.795. The molecule has 1 atom stereocenters. The standard InChI is InChI=1S/C73H130O6/c1-4-7-10-13-16-19-22-25-28-30-32-33-34-35-36-37-38-39-40-41-42-44-45-48-51-54-57-60-63-66-72(75)78-69-70(68-77-71(74)65-62-59-56-53-50-47-27-24-21-18-15-12-9-6-3)79-73(76)67-64-61-58-55-52-49-46-43-31-29-26-23-20-17-14-11-8-5-2/h7,10,16,19,24-25,27-28,32-33,35-36,70H,4-6,8-9,11-15,17-18,20-23,26,29-31,34,37-69H2,1-3H3/b10-7-,19-16-,27-24-,28-25-,33-32-,36-35-. The molecule has 458 valence electrons. The summed E-state index contributed by atoms with van der Waals surface area (Å²) in [7, 11) is 0. The Morgan fingerprint density at radius 2 is 0.494 bits per heavy atom.